The quantitative estimate of drug-likeness (QED) is 0.843. The van der Waals surface area contributed by atoms with Gasteiger partial charge in [0.1, 0.15) is 5.00 Å². The van der Waals surface area contributed by atoms with E-state index in [0.29, 0.717) is 22.7 Å². The van der Waals surface area contributed by atoms with Crippen LogP contribution in [0.15, 0.2) is 0 Å². The molecule has 106 valence electrons. The van der Waals surface area contributed by atoms with Crippen LogP contribution in [0.1, 0.15) is 42.8 Å². The molecule has 1 aromatic rings. The van der Waals surface area contributed by atoms with Gasteiger partial charge in [-0.05, 0) is 12.3 Å². The fourth-order valence-corrected chi connectivity index (χ4v) is 3.77. The maximum Gasteiger partial charge on any atom is 0.177 e. The second-order valence-corrected chi connectivity index (χ2v) is 5.97. The van der Waals surface area contributed by atoms with Gasteiger partial charge in [0.05, 0.1) is 17.7 Å². The van der Waals surface area contributed by atoms with Gasteiger partial charge in [0.25, 0.3) is 0 Å². The molecule has 1 fully saturated rings. The van der Waals surface area contributed by atoms with Crippen molar-refractivity contribution in [3.63, 3.8) is 0 Å². The Kier molecular flexibility index (Phi) is 4.34. The van der Waals surface area contributed by atoms with Gasteiger partial charge in [-0.15, -0.1) is 11.3 Å². The molecular weight excluding hydrogens is 260 g/mol. The third kappa shape index (κ3) is 2.56. The molecule has 1 aromatic heterocycles. The minimum absolute atomic E-state index is 0.0956. The van der Waals surface area contributed by atoms with E-state index >= 15 is 0 Å². The molecule has 1 atom stereocenters. The van der Waals surface area contributed by atoms with Gasteiger partial charge in [-0.2, -0.15) is 0 Å². The third-order valence-electron chi connectivity index (χ3n) is 3.81. The zero-order valence-corrected chi connectivity index (χ0v) is 12.7. The Morgan fingerprint density at radius 2 is 2.26 bits per heavy atom. The van der Waals surface area contributed by atoms with E-state index in [2.05, 4.69) is 11.8 Å². The Morgan fingerprint density at radius 1 is 1.53 bits per heavy atom. The van der Waals surface area contributed by atoms with Gasteiger partial charge in [-0.25, -0.2) is 0 Å². The van der Waals surface area contributed by atoms with Crippen LogP contribution in [0, 0.1) is 5.92 Å². The molecule has 2 rings (SSSR count). The number of ether oxygens (including phenoxy) is 1. The highest BCUT2D eigenvalue weighted by atomic mass is 32.1. The molecule has 4 nitrogen and oxygen atoms in total. The van der Waals surface area contributed by atoms with E-state index in [4.69, 9.17) is 10.5 Å². The van der Waals surface area contributed by atoms with Crippen LogP contribution in [0.25, 0.3) is 0 Å². The number of nitrogens with zero attached hydrogens (tertiary/aromatic N) is 1. The number of carbonyl (C=O) groups excluding carboxylic acids is 1. The van der Waals surface area contributed by atoms with E-state index < -0.39 is 0 Å². The van der Waals surface area contributed by atoms with Gasteiger partial charge in [0.2, 0.25) is 0 Å². The summed E-state index contributed by atoms with van der Waals surface area (Å²) in [6.07, 6.45) is 2.87. The van der Waals surface area contributed by atoms with Gasteiger partial charge in [-0.1, -0.05) is 20.3 Å². The van der Waals surface area contributed by atoms with Crippen LogP contribution in [0.4, 0.5) is 10.7 Å². The van der Waals surface area contributed by atoms with Crippen LogP contribution >= 0.6 is 11.3 Å². The summed E-state index contributed by atoms with van der Waals surface area (Å²) in [5, 5.41) is 1.02. The number of nitrogen functional groups attached to an aromatic ring is 1. The van der Waals surface area contributed by atoms with Crippen molar-refractivity contribution in [2.75, 3.05) is 30.8 Å². The molecule has 0 aromatic carbocycles. The van der Waals surface area contributed by atoms with Crippen LogP contribution in [-0.2, 0) is 0 Å². The monoisotopic (exact) mass is 282 g/mol. The van der Waals surface area contributed by atoms with E-state index in [0.717, 1.165) is 24.0 Å². The molecule has 2 heterocycles. The molecule has 0 amide bonds. The number of hydrogen-bond acceptors (Lipinski definition) is 5. The van der Waals surface area contributed by atoms with Gasteiger partial charge in [0, 0.05) is 19.5 Å². The Hall–Kier alpha value is -1.23. The van der Waals surface area contributed by atoms with Gasteiger partial charge < -0.3 is 15.4 Å². The molecular formula is C14H22N2O2S. The molecule has 1 aliphatic heterocycles. The first-order valence-electron chi connectivity index (χ1n) is 6.86. The lowest BCUT2D eigenvalue weighted by molar-refractivity contribution is 0.0992. The van der Waals surface area contributed by atoms with Crippen molar-refractivity contribution in [3.05, 3.63) is 4.88 Å². The van der Waals surface area contributed by atoms with Crippen molar-refractivity contribution in [3.8, 4) is 5.75 Å². The molecule has 19 heavy (non-hydrogen) atoms. The summed E-state index contributed by atoms with van der Waals surface area (Å²) in [5.41, 5.74) is 6.57. The number of anilines is 2. The summed E-state index contributed by atoms with van der Waals surface area (Å²) in [4.78, 5) is 14.9. The molecule has 5 heteroatoms. The van der Waals surface area contributed by atoms with Crippen molar-refractivity contribution in [2.45, 2.75) is 33.1 Å². The highest BCUT2D eigenvalue weighted by Crippen LogP contribution is 2.46. The lowest BCUT2D eigenvalue weighted by atomic mass is 10.1. The zero-order valence-electron chi connectivity index (χ0n) is 11.9. The number of methoxy groups -OCH3 is 1. The molecule has 0 bridgehead atoms. The second kappa shape index (κ2) is 5.82. The van der Waals surface area contributed by atoms with Crippen LogP contribution in [0.3, 0.4) is 0 Å². The van der Waals surface area contributed by atoms with E-state index in [1.165, 1.54) is 24.2 Å². The highest BCUT2D eigenvalue weighted by molar-refractivity contribution is 7.19. The summed E-state index contributed by atoms with van der Waals surface area (Å²) in [6, 6.07) is 0. The normalized spacial score (nSPS) is 18.9. The highest BCUT2D eigenvalue weighted by Gasteiger charge is 2.28. The predicted octanol–water partition coefficient (Wildman–Crippen LogP) is 3.17. The van der Waals surface area contributed by atoms with Crippen molar-refractivity contribution >= 4 is 27.8 Å². The van der Waals surface area contributed by atoms with Crippen molar-refractivity contribution in [2.24, 2.45) is 5.92 Å². The first-order valence-corrected chi connectivity index (χ1v) is 7.68. The number of thiophene rings is 1. The van der Waals surface area contributed by atoms with E-state index in [1.807, 2.05) is 6.92 Å². The van der Waals surface area contributed by atoms with Crippen molar-refractivity contribution in [1.29, 1.82) is 0 Å². The number of nitrogens with two attached hydrogens (primary N) is 1. The van der Waals surface area contributed by atoms with Crippen molar-refractivity contribution in [1.82, 2.24) is 0 Å². The average Bonchev–Trinajstić information content (AvgIpc) is 3.01. The number of Topliss-reactive ketones (excluding diaryl/α,β-unsaturated/α-hetero) is 1. The Labute approximate surface area is 118 Å². The van der Waals surface area contributed by atoms with Crippen LogP contribution < -0.4 is 15.4 Å². The van der Waals surface area contributed by atoms with Crippen LogP contribution in [0.2, 0.25) is 0 Å². The minimum atomic E-state index is 0.0956. The van der Waals surface area contributed by atoms with Gasteiger partial charge >= 0.3 is 0 Å². The summed E-state index contributed by atoms with van der Waals surface area (Å²) < 4.78 is 5.42. The number of ketones is 1. The van der Waals surface area contributed by atoms with Crippen LogP contribution in [0.5, 0.6) is 5.75 Å². The molecule has 1 aliphatic rings. The number of hydrogen-bond donors (Lipinski definition) is 1. The average molecular weight is 282 g/mol. The lowest BCUT2D eigenvalue weighted by Gasteiger charge is -2.17. The maximum absolute atomic E-state index is 11.9. The topological polar surface area (TPSA) is 55.6 Å². The predicted molar refractivity (Wildman–Crippen MR) is 80.5 cm³/mol. The molecule has 0 saturated carbocycles. The smallest absolute Gasteiger partial charge is 0.177 e. The number of carbonyl (C=O) groups is 1. The SMILES string of the molecule is CCC(=O)c1sc(N2CCC(CC)C2)c(OC)c1N. The molecule has 1 saturated heterocycles. The van der Waals surface area contributed by atoms with Crippen molar-refractivity contribution < 1.29 is 9.53 Å². The van der Waals surface area contributed by atoms with Gasteiger partial charge in [0.15, 0.2) is 11.5 Å². The standard InChI is InChI=1S/C14H22N2O2S/c1-4-9-6-7-16(8-9)14-12(18-3)11(15)13(19-14)10(17)5-2/h9H,4-8,15H2,1-3H3. The molecule has 2 N–H and O–H groups in total. The summed E-state index contributed by atoms with van der Waals surface area (Å²) >= 11 is 1.48. The minimum Gasteiger partial charge on any atom is -0.492 e. The van der Waals surface area contributed by atoms with E-state index in [9.17, 15) is 4.79 Å². The fourth-order valence-electron chi connectivity index (χ4n) is 2.54. The maximum atomic E-state index is 11.9. The summed E-state index contributed by atoms with van der Waals surface area (Å²) in [5.74, 6) is 1.51. The molecule has 1 unspecified atom stereocenters. The first-order chi connectivity index (χ1) is 9.12. The van der Waals surface area contributed by atoms with Crippen LogP contribution in [-0.4, -0.2) is 26.0 Å². The summed E-state index contributed by atoms with van der Waals surface area (Å²) in [7, 11) is 1.62. The second-order valence-electron chi connectivity index (χ2n) is 4.97. The number of rotatable bonds is 5. The zero-order chi connectivity index (χ0) is 14.0. The largest absolute Gasteiger partial charge is 0.492 e. The van der Waals surface area contributed by atoms with E-state index in [-0.39, 0.29) is 5.78 Å². The fraction of sp³-hybridized carbons (Fsp3) is 0.643. The first kappa shape index (κ1) is 14.2. The Balaban J connectivity index is 2.32. The molecule has 0 radical (unpaired) electrons. The Morgan fingerprint density at radius 3 is 2.79 bits per heavy atom. The summed E-state index contributed by atoms with van der Waals surface area (Å²) in [6.45, 7) is 6.14. The molecule has 0 spiro atoms. The lowest BCUT2D eigenvalue weighted by Crippen LogP contribution is -2.18. The van der Waals surface area contributed by atoms with E-state index in [1.54, 1.807) is 7.11 Å². The van der Waals surface area contributed by atoms with Gasteiger partial charge in [-0.3, -0.25) is 4.79 Å². The Bertz CT molecular complexity index is 470. The third-order valence-corrected chi connectivity index (χ3v) is 5.10. The molecule has 0 aliphatic carbocycles.